The van der Waals surface area contributed by atoms with Crippen molar-refractivity contribution in [3.8, 4) is 0 Å². The minimum atomic E-state index is 1.23. The zero-order valence-electron chi connectivity index (χ0n) is 11.4. The van der Waals surface area contributed by atoms with E-state index < -0.39 is 0 Å². The van der Waals surface area contributed by atoms with Gasteiger partial charge in [0.15, 0.2) is 0 Å². The molecule has 1 N–H and O–H groups in total. The fraction of sp³-hybridized carbons (Fsp3) is 0. The van der Waals surface area contributed by atoms with E-state index in [1.807, 2.05) is 6.20 Å². The van der Waals surface area contributed by atoms with Gasteiger partial charge in [-0.15, -0.1) is 0 Å². The largest absolute Gasteiger partial charge is 0.361 e. The molecule has 0 bridgehead atoms. The van der Waals surface area contributed by atoms with Crippen molar-refractivity contribution in [1.29, 1.82) is 0 Å². The Hall–Kier alpha value is -2.80. The summed E-state index contributed by atoms with van der Waals surface area (Å²) in [5.41, 5.74) is 1.23. The Kier molecular flexibility index (Phi) is 2.01. The molecule has 0 aliphatic carbocycles. The fourth-order valence-electron chi connectivity index (χ4n) is 3.44. The molecule has 0 atom stereocenters. The Bertz CT molecular complexity index is 1130. The summed E-state index contributed by atoms with van der Waals surface area (Å²) in [6.45, 7) is 0. The molecule has 0 radical (unpaired) electrons. The topological polar surface area (TPSA) is 15.8 Å². The summed E-state index contributed by atoms with van der Waals surface area (Å²) in [4.78, 5) is 3.42. The second-order valence-corrected chi connectivity index (χ2v) is 5.56. The smallest absolute Gasteiger partial charge is 0.0540 e. The van der Waals surface area contributed by atoms with Crippen LogP contribution in [-0.2, 0) is 0 Å². The van der Waals surface area contributed by atoms with E-state index in [9.17, 15) is 0 Å². The summed E-state index contributed by atoms with van der Waals surface area (Å²) in [6, 6.07) is 24.0. The first-order valence-electron chi connectivity index (χ1n) is 7.22. The van der Waals surface area contributed by atoms with Crippen molar-refractivity contribution in [1.82, 2.24) is 4.98 Å². The molecule has 5 rings (SSSR count). The Morgan fingerprint density at radius 2 is 1.19 bits per heavy atom. The normalized spacial score (nSPS) is 11.8. The summed E-state index contributed by atoms with van der Waals surface area (Å²) >= 11 is 0. The zero-order valence-corrected chi connectivity index (χ0v) is 11.4. The van der Waals surface area contributed by atoms with E-state index in [2.05, 4.69) is 71.7 Å². The van der Waals surface area contributed by atoms with E-state index in [1.165, 1.54) is 43.2 Å². The van der Waals surface area contributed by atoms with Crippen LogP contribution in [0.1, 0.15) is 0 Å². The monoisotopic (exact) mass is 267 g/mol. The molecular weight excluding hydrogens is 254 g/mol. The number of nitrogens with one attached hydrogen (secondary N) is 1. The van der Waals surface area contributed by atoms with Gasteiger partial charge in [0.25, 0.3) is 0 Å². The first-order valence-corrected chi connectivity index (χ1v) is 7.22. The second-order valence-electron chi connectivity index (χ2n) is 5.56. The molecule has 0 amide bonds. The average molecular weight is 267 g/mol. The number of fused-ring (bicyclic) bond motifs is 7. The molecule has 1 heterocycles. The van der Waals surface area contributed by atoms with E-state index in [0.717, 1.165) is 0 Å². The van der Waals surface area contributed by atoms with Gasteiger partial charge in [-0.2, -0.15) is 0 Å². The van der Waals surface area contributed by atoms with E-state index in [-0.39, 0.29) is 0 Å². The Morgan fingerprint density at radius 3 is 2.05 bits per heavy atom. The van der Waals surface area contributed by atoms with Crippen LogP contribution in [-0.4, -0.2) is 4.98 Å². The van der Waals surface area contributed by atoms with Crippen LogP contribution in [0, 0.1) is 0 Å². The summed E-state index contributed by atoms with van der Waals surface area (Å²) in [5.74, 6) is 0. The van der Waals surface area contributed by atoms with Crippen molar-refractivity contribution in [2.45, 2.75) is 0 Å². The van der Waals surface area contributed by atoms with Crippen LogP contribution < -0.4 is 0 Å². The number of H-pyrrole nitrogens is 1. The van der Waals surface area contributed by atoms with Crippen molar-refractivity contribution >= 4 is 43.2 Å². The third-order valence-electron chi connectivity index (χ3n) is 4.41. The molecule has 0 aliphatic rings. The molecule has 0 aliphatic heterocycles. The minimum absolute atomic E-state index is 1.23. The highest BCUT2D eigenvalue weighted by Crippen LogP contribution is 2.35. The van der Waals surface area contributed by atoms with Gasteiger partial charge in [-0.05, 0) is 33.0 Å². The van der Waals surface area contributed by atoms with E-state index in [0.29, 0.717) is 0 Å². The van der Waals surface area contributed by atoms with E-state index >= 15 is 0 Å². The summed E-state index contributed by atoms with van der Waals surface area (Å²) in [6.07, 6.45) is 2.02. The van der Waals surface area contributed by atoms with Gasteiger partial charge in [0, 0.05) is 17.0 Å². The van der Waals surface area contributed by atoms with Gasteiger partial charge in [0.05, 0.1) is 5.52 Å². The van der Waals surface area contributed by atoms with Gasteiger partial charge < -0.3 is 4.98 Å². The molecular formula is C20H13N. The van der Waals surface area contributed by atoms with Crippen LogP contribution >= 0.6 is 0 Å². The maximum Gasteiger partial charge on any atom is 0.0540 e. The highest BCUT2D eigenvalue weighted by atomic mass is 14.7. The van der Waals surface area contributed by atoms with Crippen molar-refractivity contribution < 1.29 is 0 Å². The number of hydrogen-bond donors (Lipinski definition) is 1. The zero-order chi connectivity index (χ0) is 13.8. The molecule has 1 aromatic heterocycles. The molecule has 0 saturated carbocycles. The molecule has 21 heavy (non-hydrogen) atoms. The standard InChI is InChI=1S/C20H13N/c1-2-4-17-13(3-1)5-6-14-7-8-15-9-10-16-11-12-21-20(16)19(15)18(14)17/h1-12,21H. The Morgan fingerprint density at radius 1 is 0.524 bits per heavy atom. The molecule has 1 nitrogen and oxygen atoms in total. The van der Waals surface area contributed by atoms with Gasteiger partial charge in [-0.3, -0.25) is 0 Å². The number of aromatic nitrogens is 1. The van der Waals surface area contributed by atoms with Crippen molar-refractivity contribution in [3.05, 3.63) is 72.9 Å². The lowest BCUT2D eigenvalue weighted by Crippen LogP contribution is -1.82. The third-order valence-corrected chi connectivity index (χ3v) is 4.41. The first-order chi connectivity index (χ1) is 10.4. The molecule has 0 spiro atoms. The lowest BCUT2D eigenvalue weighted by Gasteiger charge is -2.09. The average Bonchev–Trinajstić information content (AvgIpc) is 3.02. The van der Waals surface area contributed by atoms with Gasteiger partial charge in [0.1, 0.15) is 0 Å². The fourth-order valence-corrected chi connectivity index (χ4v) is 3.44. The summed E-state index contributed by atoms with van der Waals surface area (Å²) in [5, 5.41) is 9.13. The third kappa shape index (κ3) is 1.40. The number of benzene rings is 4. The molecule has 0 unspecified atom stereocenters. The number of hydrogen-bond acceptors (Lipinski definition) is 0. The highest BCUT2D eigenvalue weighted by molar-refractivity contribution is 6.26. The summed E-state index contributed by atoms with van der Waals surface area (Å²) in [7, 11) is 0. The summed E-state index contributed by atoms with van der Waals surface area (Å²) < 4.78 is 0. The van der Waals surface area contributed by atoms with E-state index in [4.69, 9.17) is 0 Å². The Labute approximate surface area is 121 Å². The van der Waals surface area contributed by atoms with Crippen LogP contribution in [0.25, 0.3) is 43.2 Å². The Balaban J connectivity index is 2.21. The van der Waals surface area contributed by atoms with Gasteiger partial charge in [-0.1, -0.05) is 60.7 Å². The van der Waals surface area contributed by atoms with Gasteiger partial charge >= 0.3 is 0 Å². The lowest BCUT2D eigenvalue weighted by atomic mass is 9.95. The van der Waals surface area contributed by atoms with Crippen LogP contribution in [0.4, 0.5) is 0 Å². The molecule has 1 heteroatoms. The predicted octanol–water partition coefficient (Wildman–Crippen LogP) is 5.63. The number of aromatic amines is 1. The van der Waals surface area contributed by atoms with Crippen LogP contribution in [0.3, 0.4) is 0 Å². The first kappa shape index (κ1) is 10.9. The highest BCUT2D eigenvalue weighted by Gasteiger charge is 2.08. The van der Waals surface area contributed by atoms with Crippen molar-refractivity contribution in [2.75, 3.05) is 0 Å². The minimum Gasteiger partial charge on any atom is -0.361 e. The van der Waals surface area contributed by atoms with Crippen LogP contribution in [0.5, 0.6) is 0 Å². The second kappa shape index (κ2) is 3.86. The van der Waals surface area contributed by atoms with Crippen LogP contribution in [0.2, 0.25) is 0 Å². The maximum absolute atomic E-state index is 3.42. The maximum atomic E-state index is 3.42. The van der Waals surface area contributed by atoms with Gasteiger partial charge in [0.2, 0.25) is 0 Å². The molecule has 98 valence electrons. The van der Waals surface area contributed by atoms with Crippen LogP contribution in [0.15, 0.2) is 72.9 Å². The van der Waals surface area contributed by atoms with E-state index in [1.54, 1.807) is 0 Å². The van der Waals surface area contributed by atoms with Crippen molar-refractivity contribution in [2.24, 2.45) is 0 Å². The molecule has 4 aromatic carbocycles. The van der Waals surface area contributed by atoms with Crippen molar-refractivity contribution in [3.63, 3.8) is 0 Å². The predicted molar refractivity (Wildman–Crippen MR) is 90.8 cm³/mol. The quantitative estimate of drug-likeness (QED) is 0.350. The molecule has 5 aromatic rings. The molecule has 0 saturated heterocycles. The number of rotatable bonds is 0. The lowest BCUT2D eigenvalue weighted by molar-refractivity contribution is 1.49. The SMILES string of the molecule is c1ccc2c(c1)ccc1ccc3ccc4cc[nH]c4c3c12. The molecule has 0 fully saturated rings. The van der Waals surface area contributed by atoms with Gasteiger partial charge in [-0.25, -0.2) is 0 Å².